The highest BCUT2D eigenvalue weighted by Crippen LogP contribution is 2.16. The highest BCUT2D eigenvalue weighted by atomic mass is 79.9. The van der Waals surface area contributed by atoms with Gasteiger partial charge >= 0.3 is 0 Å². The zero-order valence-electron chi connectivity index (χ0n) is 7.09. The maximum atomic E-state index is 10.8. The number of pyridine rings is 1. The van der Waals surface area contributed by atoms with Crippen LogP contribution in [0.2, 0.25) is 0 Å². The summed E-state index contributed by atoms with van der Waals surface area (Å²) in [5.74, 6) is -0.472. The molecule has 0 aromatic carbocycles. The van der Waals surface area contributed by atoms with Crippen molar-refractivity contribution in [1.29, 1.82) is 0 Å². The summed E-state index contributed by atoms with van der Waals surface area (Å²) in [6, 6.07) is 1.80. The van der Waals surface area contributed by atoms with Gasteiger partial charge in [0.1, 0.15) is 0 Å². The average molecular weight is 242 g/mol. The molecule has 0 aliphatic rings. The van der Waals surface area contributed by atoms with E-state index >= 15 is 0 Å². The second kappa shape index (κ2) is 4.37. The molecule has 1 heterocycles. The van der Waals surface area contributed by atoms with E-state index in [-0.39, 0.29) is 0 Å². The normalized spacial score (nSPS) is 10.0. The minimum Gasteiger partial charge on any atom is -0.366 e. The predicted molar refractivity (Wildman–Crippen MR) is 54.1 cm³/mol. The van der Waals surface area contributed by atoms with Crippen LogP contribution in [0, 0.1) is 6.92 Å². The van der Waals surface area contributed by atoms with E-state index in [0.29, 0.717) is 10.0 Å². The Bertz CT molecular complexity index is 325. The molecule has 0 aliphatic carbocycles. The van der Waals surface area contributed by atoms with Gasteiger partial charge in [-0.1, -0.05) is 6.92 Å². The minimum atomic E-state index is -0.472. The van der Waals surface area contributed by atoms with E-state index in [1.165, 1.54) is 6.20 Å². The Morgan fingerprint density at radius 2 is 2.38 bits per heavy atom. The molecule has 1 rings (SSSR count). The van der Waals surface area contributed by atoms with Crippen LogP contribution in [0.25, 0.3) is 0 Å². The topological polar surface area (TPSA) is 56.0 Å². The lowest BCUT2D eigenvalue weighted by Gasteiger charge is -2.02. The Kier molecular flexibility index (Phi) is 3.42. The molecule has 0 saturated heterocycles. The Labute approximate surface area is 85.5 Å². The maximum Gasteiger partial charge on any atom is 0.251 e. The Hall–Kier alpha value is -0.900. The summed E-state index contributed by atoms with van der Waals surface area (Å²) in [5, 5.41) is 0. The highest BCUT2D eigenvalue weighted by molar-refractivity contribution is 9.10. The van der Waals surface area contributed by atoms with E-state index < -0.39 is 5.91 Å². The van der Waals surface area contributed by atoms with Crippen LogP contribution >= 0.6 is 15.9 Å². The van der Waals surface area contributed by atoms with Crippen molar-refractivity contribution in [2.24, 2.45) is 5.73 Å². The highest BCUT2D eigenvalue weighted by Gasteiger charge is 2.06. The molecule has 1 amide bonds. The van der Waals surface area contributed by atoms with Gasteiger partial charge < -0.3 is 5.73 Å². The van der Waals surface area contributed by atoms with Gasteiger partial charge in [0.2, 0.25) is 0 Å². The quantitative estimate of drug-likeness (QED) is 0.877. The number of primary amides is 1. The van der Waals surface area contributed by atoms with Crippen molar-refractivity contribution in [2.45, 2.75) is 12.8 Å². The van der Waals surface area contributed by atoms with Gasteiger partial charge in [-0.15, -0.1) is 0 Å². The average Bonchev–Trinajstić information content (AvgIpc) is 2.04. The van der Waals surface area contributed by atoms with Crippen LogP contribution < -0.4 is 5.73 Å². The summed E-state index contributed by atoms with van der Waals surface area (Å²) in [6.45, 7) is 3.72. The Balaban J connectivity index is 2.98. The zero-order chi connectivity index (χ0) is 9.84. The second-order valence-electron chi connectivity index (χ2n) is 2.62. The molecule has 0 fully saturated rings. The van der Waals surface area contributed by atoms with Crippen LogP contribution in [0.15, 0.2) is 16.7 Å². The molecular formula is C9H10BrN2O. The monoisotopic (exact) mass is 241 g/mol. The van der Waals surface area contributed by atoms with E-state index in [9.17, 15) is 4.79 Å². The third-order valence-corrected chi connectivity index (χ3v) is 2.26. The molecule has 69 valence electrons. The smallest absolute Gasteiger partial charge is 0.251 e. The minimum absolute atomic E-state index is 0.410. The maximum absolute atomic E-state index is 10.8. The second-order valence-corrected chi connectivity index (χ2v) is 3.48. The summed E-state index contributed by atoms with van der Waals surface area (Å²) in [4.78, 5) is 14.9. The first kappa shape index (κ1) is 10.2. The van der Waals surface area contributed by atoms with Crippen molar-refractivity contribution in [2.75, 3.05) is 0 Å². The van der Waals surface area contributed by atoms with Crippen LogP contribution in [0.3, 0.4) is 0 Å². The van der Waals surface area contributed by atoms with Crippen molar-refractivity contribution >= 4 is 21.8 Å². The fraction of sp³-hybridized carbons (Fsp3) is 0.222. The number of carbonyl (C=O) groups excluding carboxylic acids is 1. The molecule has 1 radical (unpaired) electrons. The van der Waals surface area contributed by atoms with Gasteiger partial charge in [0, 0.05) is 16.4 Å². The number of aromatic nitrogens is 1. The van der Waals surface area contributed by atoms with Gasteiger partial charge in [0.05, 0.1) is 5.56 Å². The van der Waals surface area contributed by atoms with Crippen LogP contribution in [-0.2, 0) is 6.42 Å². The van der Waals surface area contributed by atoms with Crippen molar-refractivity contribution in [3.8, 4) is 0 Å². The summed E-state index contributed by atoms with van der Waals surface area (Å²) >= 11 is 3.26. The van der Waals surface area contributed by atoms with Crippen LogP contribution in [0.1, 0.15) is 22.5 Å². The number of hydrogen-bond donors (Lipinski definition) is 1. The number of nitrogens with zero attached hydrogens (tertiary/aromatic N) is 1. The fourth-order valence-electron chi connectivity index (χ4n) is 0.970. The first-order valence-corrected chi connectivity index (χ1v) is 4.68. The molecule has 0 aliphatic heterocycles. The molecule has 0 spiro atoms. The molecule has 1 aromatic rings. The fourth-order valence-corrected chi connectivity index (χ4v) is 1.53. The van der Waals surface area contributed by atoms with Gasteiger partial charge in [0.25, 0.3) is 5.91 Å². The van der Waals surface area contributed by atoms with Gasteiger partial charge in [-0.25, -0.2) is 0 Å². The standard InChI is InChI=1S/C9H10BrN2O/c1-2-3-6-4-8(10)7(5-12-6)9(11)13/h4-5H,1-3H2,(H2,11,13). The lowest BCUT2D eigenvalue weighted by molar-refractivity contribution is 0.0999. The molecule has 1 aromatic heterocycles. The third kappa shape index (κ3) is 2.52. The first-order valence-electron chi connectivity index (χ1n) is 3.88. The largest absolute Gasteiger partial charge is 0.366 e. The number of nitrogens with two attached hydrogens (primary N) is 1. The molecule has 0 saturated carbocycles. The van der Waals surface area contributed by atoms with Gasteiger partial charge in [-0.3, -0.25) is 9.78 Å². The van der Waals surface area contributed by atoms with E-state index in [2.05, 4.69) is 27.8 Å². The van der Waals surface area contributed by atoms with Crippen LogP contribution in [0.4, 0.5) is 0 Å². The first-order chi connectivity index (χ1) is 6.15. The number of rotatable bonds is 3. The SMILES string of the molecule is [CH2]CCc1cc(Br)c(C(N)=O)cn1. The number of amides is 1. The van der Waals surface area contributed by atoms with Crippen molar-refractivity contribution in [3.63, 3.8) is 0 Å². The number of halogens is 1. The lowest BCUT2D eigenvalue weighted by atomic mass is 10.2. The molecule has 0 unspecified atom stereocenters. The van der Waals surface area contributed by atoms with Crippen LogP contribution in [-0.4, -0.2) is 10.9 Å². The van der Waals surface area contributed by atoms with E-state index in [1.54, 1.807) is 6.07 Å². The van der Waals surface area contributed by atoms with E-state index in [1.807, 2.05) is 0 Å². The molecular weight excluding hydrogens is 232 g/mol. The summed E-state index contributed by atoms with van der Waals surface area (Å²) < 4.78 is 0.693. The van der Waals surface area contributed by atoms with E-state index in [4.69, 9.17) is 5.73 Å². The summed E-state index contributed by atoms with van der Waals surface area (Å²) in [7, 11) is 0. The molecule has 4 heteroatoms. The Morgan fingerprint density at radius 3 is 2.85 bits per heavy atom. The number of hydrogen-bond acceptors (Lipinski definition) is 2. The van der Waals surface area contributed by atoms with Gasteiger partial charge in [0.15, 0.2) is 0 Å². The molecule has 0 bridgehead atoms. The molecule has 13 heavy (non-hydrogen) atoms. The van der Waals surface area contributed by atoms with Crippen molar-refractivity contribution in [3.05, 3.63) is 34.9 Å². The molecule has 2 N–H and O–H groups in total. The molecule has 3 nitrogen and oxygen atoms in total. The summed E-state index contributed by atoms with van der Waals surface area (Å²) in [6.07, 6.45) is 3.07. The van der Waals surface area contributed by atoms with E-state index in [0.717, 1.165) is 18.5 Å². The number of carbonyl (C=O) groups is 1. The van der Waals surface area contributed by atoms with Crippen molar-refractivity contribution < 1.29 is 4.79 Å². The van der Waals surface area contributed by atoms with Crippen molar-refractivity contribution in [1.82, 2.24) is 4.98 Å². The third-order valence-electron chi connectivity index (χ3n) is 1.61. The summed E-state index contributed by atoms with van der Waals surface area (Å²) in [5.41, 5.74) is 6.44. The van der Waals surface area contributed by atoms with Gasteiger partial charge in [-0.2, -0.15) is 0 Å². The Morgan fingerprint density at radius 1 is 1.69 bits per heavy atom. The van der Waals surface area contributed by atoms with Crippen LogP contribution in [0.5, 0.6) is 0 Å². The predicted octanol–water partition coefficient (Wildman–Crippen LogP) is 1.71. The molecule has 0 atom stereocenters. The lowest BCUT2D eigenvalue weighted by Crippen LogP contribution is -2.12. The zero-order valence-corrected chi connectivity index (χ0v) is 8.67. The van der Waals surface area contributed by atoms with Gasteiger partial charge in [-0.05, 0) is 34.8 Å². The number of aryl methyl sites for hydroxylation is 1.